The molecule has 59 valence electrons. The van der Waals surface area contributed by atoms with Crippen molar-refractivity contribution in [1.29, 1.82) is 0 Å². The monoisotopic (exact) mass is 233 g/mol. The van der Waals surface area contributed by atoms with Crippen LogP contribution in [0.25, 0.3) is 6.08 Å². The van der Waals surface area contributed by atoms with Crippen LogP contribution in [0.5, 0.6) is 0 Å². The topological polar surface area (TPSA) is 0 Å². The third kappa shape index (κ3) is 1.77. The van der Waals surface area contributed by atoms with Gasteiger partial charge in [-0.2, -0.15) is 0 Å². The van der Waals surface area contributed by atoms with Crippen molar-refractivity contribution in [1.82, 2.24) is 0 Å². The average molecular weight is 234 g/mol. The van der Waals surface area contributed by atoms with Crippen molar-refractivity contribution in [2.75, 3.05) is 0 Å². The number of hydrogen-bond acceptors (Lipinski definition) is 0. The largest absolute Gasteiger partial charge is 0.0619 e. The quantitative estimate of drug-likeness (QED) is 0.700. The van der Waals surface area contributed by atoms with Crippen molar-refractivity contribution in [2.24, 2.45) is 0 Å². The van der Waals surface area contributed by atoms with E-state index < -0.39 is 0 Å². The minimum Gasteiger partial charge on any atom is -0.0619 e. The van der Waals surface area contributed by atoms with E-state index in [2.05, 4.69) is 43.7 Å². The summed E-state index contributed by atoms with van der Waals surface area (Å²) in [5, 5.41) is 0. The van der Waals surface area contributed by atoms with Crippen LogP contribution in [-0.2, 0) is 26.2 Å². The van der Waals surface area contributed by atoms with Gasteiger partial charge >= 0.3 is 0 Å². The first-order chi connectivity index (χ1) is 5.40. The Morgan fingerprint density at radius 3 is 2.33 bits per heavy atom. The fraction of sp³-hybridized carbons (Fsp3) is 0.182. The van der Waals surface area contributed by atoms with Gasteiger partial charge < -0.3 is 0 Å². The molecule has 0 fully saturated rings. The Morgan fingerprint density at radius 2 is 1.75 bits per heavy atom. The summed E-state index contributed by atoms with van der Waals surface area (Å²) in [5.41, 5.74) is 4.17. The maximum absolute atomic E-state index is 2.26. The Bertz CT molecular complexity index is 300. The van der Waals surface area contributed by atoms with Crippen LogP contribution in [0, 0.1) is 6.42 Å². The Hall–Kier alpha value is -0.157. The second kappa shape index (κ2) is 4.19. The van der Waals surface area contributed by atoms with E-state index in [-0.39, 0.29) is 26.2 Å². The first-order valence-corrected chi connectivity index (χ1v) is 4.04. The van der Waals surface area contributed by atoms with E-state index in [1.165, 1.54) is 16.7 Å². The molecule has 0 nitrogen and oxygen atoms in total. The molecule has 0 bridgehead atoms. The van der Waals surface area contributed by atoms with Gasteiger partial charge in [0.1, 0.15) is 0 Å². The van der Waals surface area contributed by atoms with E-state index in [1.54, 1.807) is 0 Å². The molecule has 12 heavy (non-hydrogen) atoms. The Morgan fingerprint density at radius 1 is 1.08 bits per heavy atom. The summed E-state index contributed by atoms with van der Waals surface area (Å²) >= 11 is 0. The van der Waals surface area contributed by atoms with Gasteiger partial charge in [0.15, 0.2) is 0 Å². The molecule has 0 unspecified atom stereocenters. The second-order valence-corrected chi connectivity index (χ2v) is 2.85. The average Bonchev–Trinajstić information content (AvgIpc) is 2.46. The van der Waals surface area contributed by atoms with Gasteiger partial charge in [0.05, 0.1) is 0 Å². The molecule has 0 atom stereocenters. The second-order valence-electron chi connectivity index (χ2n) is 2.85. The van der Waals surface area contributed by atoms with Crippen LogP contribution in [0.1, 0.15) is 24.5 Å². The maximum Gasteiger partial charge on any atom is 0.0164 e. The molecule has 0 spiro atoms. The third-order valence-electron chi connectivity index (χ3n) is 2.09. The zero-order valence-corrected chi connectivity index (χ0v) is 9.63. The fourth-order valence-electron chi connectivity index (χ4n) is 1.42. The van der Waals surface area contributed by atoms with Crippen molar-refractivity contribution in [3.8, 4) is 0 Å². The summed E-state index contributed by atoms with van der Waals surface area (Å²) in [6.45, 7) is 2.19. The fourth-order valence-corrected chi connectivity index (χ4v) is 1.42. The van der Waals surface area contributed by atoms with Gasteiger partial charge in [-0.15, -0.1) is 0 Å². The molecular formula is C11H11Zr. The Balaban J connectivity index is 0.000000720. The molecule has 0 aromatic heterocycles. The predicted molar refractivity (Wildman–Crippen MR) is 48.1 cm³/mol. The van der Waals surface area contributed by atoms with Gasteiger partial charge in [-0.25, -0.2) is 0 Å². The van der Waals surface area contributed by atoms with Crippen molar-refractivity contribution < 1.29 is 26.2 Å². The maximum atomic E-state index is 2.26. The smallest absolute Gasteiger partial charge is 0.0164 e. The van der Waals surface area contributed by atoms with Crippen molar-refractivity contribution in [2.45, 2.75) is 13.3 Å². The minimum absolute atomic E-state index is 0. The number of benzene rings is 1. The number of hydrogen-bond donors (Lipinski definition) is 0. The van der Waals surface area contributed by atoms with Gasteiger partial charge in [0.2, 0.25) is 0 Å². The minimum atomic E-state index is 0. The number of allylic oxidation sites excluding steroid dienone is 1. The Kier molecular flexibility index (Phi) is 3.46. The van der Waals surface area contributed by atoms with Crippen molar-refractivity contribution in [3.05, 3.63) is 47.4 Å². The molecule has 1 heteroatoms. The first-order valence-electron chi connectivity index (χ1n) is 4.04. The molecule has 0 aliphatic heterocycles. The Labute approximate surface area is 92.8 Å². The van der Waals surface area contributed by atoms with Gasteiger partial charge in [0.25, 0.3) is 0 Å². The van der Waals surface area contributed by atoms with Crippen LogP contribution in [0.3, 0.4) is 0 Å². The zero-order valence-electron chi connectivity index (χ0n) is 7.17. The molecule has 0 heterocycles. The van der Waals surface area contributed by atoms with Crippen LogP contribution in [-0.4, -0.2) is 0 Å². The molecule has 1 aliphatic rings. The van der Waals surface area contributed by atoms with Crippen molar-refractivity contribution >= 4 is 6.08 Å². The molecule has 1 aromatic rings. The van der Waals surface area contributed by atoms with Gasteiger partial charge in [0, 0.05) is 32.6 Å². The van der Waals surface area contributed by atoms with Crippen LogP contribution in [0.2, 0.25) is 0 Å². The summed E-state index contributed by atoms with van der Waals surface area (Å²) in [4.78, 5) is 0. The normalized spacial score (nSPS) is 13.2. The summed E-state index contributed by atoms with van der Waals surface area (Å²) in [6.07, 6.45) is 5.65. The number of rotatable bonds is 1. The molecule has 0 N–H and O–H groups in total. The summed E-state index contributed by atoms with van der Waals surface area (Å²) in [5.74, 6) is 0. The molecule has 1 radical (unpaired) electrons. The van der Waals surface area contributed by atoms with E-state index in [0.717, 1.165) is 6.42 Å². The molecule has 0 saturated heterocycles. The van der Waals surface area contributed by atoms with Gasteiger partial charge in [-0.3, -0.25) is 0 Å². The van der Waals surface area contributed by atoms with E-state index in [0.29, 0.717) is 0 Å². The SMILES string of the molecule is CCC1=Cc2ccccc2[CH]1.[Zr]. The predicted octanol–water partition coefficient (Wildman–Crippen LogP) is 3.04. The molecule has 1 aliphatic carbocycles. The molecule has 0 saturated carbocycles. The summed E-state index contributed by atoms with van der Waals surface area (Å²) in [7, 11) is 0. The van der Waals surface area contributed by atoms with Crippen LogP contribution >= 0.6 is 0 Å². The zero-order chi connectivity index (χ0) is 7.68. The molecular weight excluding hydrogens is 223 g/mol. The third-order valence-corrected chi connectivity index (χ3v) is 2.09. The van der Waals surface area contributed by atoms with Gasteiger partial charge in [-0.1, -0.05) is 42.8 Å². The molecule has 1 aromatic carbocycles. The standard InChI is InChI=1S/C11H11.Zr/c1-2-9-7-10-5-3-4-6-11(10)8-9;/h3-8H,2H2,1H3;. The van der Waals surface area contributed by atoms with E-state index >= 15 is 0 Å². The van der Waals surface area contributed by atoms with E-state index in [9.17, 15) is 0 Å². The van der Waals surface area contributed by atoms with E-state index in [4.69, 9.17) is 0 Å². The molecule has 2 rings (SSSR count). The first kappa shape index (κ1) is 9.93. The van der Waals surface area contributed by atoms with Crippen LogP contribution in [0.15, 0.2) is 29.8 Å². The van der Waals surface area contributed by atoms with Crippen LogP contribution in [0.4, 0.5) is 0 Å². The van der Waals surface area contributed by atoms with E-state index in [1.807, 2.05) is 0 Å². The number of fused-ring (bicyclic) bond motifs is 1. The molecule has 0 amide bonds. The van der Waals surface area contributed by atoms with Gasteiger partial charge in [-0.05, 0) is 17.5 Å². The van der Waals surface area contributed by atoms with Crippen molar-refractivity contribution in [3.63, 3.8) is 0 Å². The summed E-state index contributed by atoms with van der Waals surface area (Å²) in [6, 6.07) is 8.49. The summed E-state index contributed by atoms with van der Waals surface area (Å²) < 4.78 is 0. The van der Waals surface area contributed by atoms with Crippen LogP contribution < -0.4 is 0 Å².